The number of ether oxygens (including phenoxy) is 8. The van der Waals surface area contributed by atoms with Gasteiger partial charge in [-0.2, -0.15) is 0 Å². The minimum atomic E-state index is -1.76. The predicted molar refractivity (Wildman–Crippen MR) is 226 cm³/mol. The Labute approximate surface area is 379 Å². The maximum Gasteiger partial charge on any atom is 0.187 e. The van der Waals surface area contributed by atoms with Crippen molar-refractivity contribution in [3.63, 3.8) is 0 Å². The number of aliphatic hydroxyl groups excluding tert-OH is 13. The van der Waals surface area contributed by atoms with Crippen molar-refractivity contribution in [3.05, 3.63) is 48.1 Å². The summed E-state index contributed by atoms with van der Waals surface area (Å²) in [6.07, 6.45) is -21.7. The molecule has 0 amide bonds. The van der Waals surface area contributed by atoms with E-state index in [4.69, 9.17) is 37.9 Å². The molecule has 376 valence electrons. The third kappa shape index (κ3) is 14.6. The minimum Gasteiger partial charge on any atom is -0.394 e. The Kier molecular flexibility index (Phi) is 21.5. The summed E-state index contributed by atoms with van der Waals surface area (Å²) >= 11 is 0. The third-order valence-corrected chi connectivity index (χ3v) is 12.5. The molecule has 65 heavy (non-hydrogen) atoms. The number of allylic oxidation sites excluding steroid dienone is 3. The lowest BCUT2D eigenvalue weighted by molar-refractivity contribution is -0.363. The highest BCUT2D eigenvalue weighted by Crippen LogP contribution is 2.33. The van der Waals surface area contributed by atoms with Gasteiger partial charge in [-0.25, -0.2) is 0 Å². The van der Waals surface area contributed by atoms with Crippen LogP contribution < -0.4 is 0 Å². The molecule has 0 aromatic rings. The third-order valence-electron chi connectivity index (χ3n) is 12.5. The van der Waals surface area contributed by atoms with Crippen LogP contribution in [0.2, 0.25) is 0 Å². The first-order valence-corrected chi connectivity index (χ1v) is 22.1. The van der Waals surface area contributed by atoms with Crippen LogP contribution in [0.15, 0.2) is 48.1 Å². The first-order valence-electron chi connectivity index (χ1n) is 22.1. The average molecular weight is 939 g/mol. The van der Waals surface area contributed by atoms with Crippen LogP contribution in [0, 0.1) is 0 Å². The van der Waals surface area contributed by atoms with Gasteiger partial charge in [0, 0.05) is 0 Å². The van der Waals surface area contributed by atoms with Crippen LogP contribution in [0.1, 0.15) is 73.1 Å². The van der Waals surface area contributed by atoms with E-state index in [1.165, 1.54) is 13.8 Å². The van der Waals surface area contributed by atoms with Gasteiger partial charge in [-0.05, 0) is 78.7 Å². The van der Waals surface area contributed by atoms with Gasteiger partial charge in [-0.15, -0.1) is 6.58 Å². The lowest BCUT2D eigenvalue weighted by Crippen LogP contribution is -2.64. The van der Waals surface area contributed by atoms with Gasteiger partial charge in [0.2, 0.25) is 0 Å². The summed E-state index contributed by atoms with van der Waals surface area (Å²) in [7, 11) is 0. The van der Waals surface area contributed by atoms with Crippen LogP contribution in [-0.2, 0) is 37.9 Å². The van der Waals surface area contributed by atoms with Crippen molar-refractivity contribution >= 4 is 0 Å². The van der Waals surface area contributed by atoms with Crippen LogP contribution in [0.4, 0.5) is 0 Å². The Hall–Kier alpha value is -1.88. The van der Waals surface area contributed by atoms with Crippen molar-refractivity contribution in [3.8, 4) is 0 Å². The molecule has 4 heterocycles. The molecule has 4 fully saturated rings. The van der Waals surface area contributed by atoms with Crippen molar-refractivity contribution in [1.29, 1.82) is 0 Å². The summed E-state index contributed by atoms with van der Waals surface area (Å²) in [5.41, 5.74) is 1.36. The van der Waals surface area contributed by atoms with Crippen LogP contribution in [-0.4, -0.2) is 221 Å². The van der Waals surface area contributed by atoms with E-state index in [2.05, 4.69) is 13.2 Å². The molecule has 0 radical (unpaired) electrons. The highest BCUT2D eigenvalue weighted by molar-refractivity contribution is 5.09. The molecule has 4 saturated heterocycles. The molecule has 1 unspecified atom stereocenters. The van der Waals surface area contributed by atoms with Gasteiger partial charge in [0.15, 0.2) is 25.2 Å². The van der Waals surface area contributed by atoms with E-state index >= 15 is 0 Å². The molecular weight excluding hydrogens is 864 g/mol. The van der Waals surface area contributed by atoms with Crippen molar-refractivity contribution in [1.82, 2.24) is 0 Å². The fourth-order valence-electron chi connectivity index (χ4n) is 7.83. The maximum atomic E-state index is 11.3. The van der Waals surface area contributed by atoms with E-state index in [1.54, 1.807) is 19.9 Å². The largest absolute Gasteiger partial charge is 0.394 e. The maximum absolute atomic E-state index is 11.3. The standard InChI is InChI=1S/C44H74O21/c1-8-44(7,65-43-37(56)33(52)30(49)26(17-45)62-43)16-10-12-20(2)14-15-25(46)22(4)13-9-11-21(3)18-58-41-38(57)34(53)39(64-42-36(55)32(51)29(48)24(6)61-42)27(63-41)19-59-40-35(54)31(50)28(47)23(5)60-40/h8,11-12,23-43,45-57H,1,4,9-10,13-19H2,2-3,5-7H3/b20-12+,21-11-/t23-,24-,25?,26+,27+,28-,29-,30+,31+,32+,33-,34+,35+,36+,37+,38+,39+,40+,41+,42-,43-,44+/m0/s1. The molecule has 0 aliphatic carbocycles. The summed E-state index contributed by atoms with van der Waals surface area (Å²) < 4.78 is 45.9. The zero-order valence-corrected chi connectivity index (χ0v) is 37.7. The van der Waals surface area contributed by atoms with E-state index in [9.17, 15) is 66.4 Å². The molecule has 0 aromatic carbocycles. The second-order valence-electron chi connectivity index (χ2n) is 17.9. The Morgan fingerprint density at radius 3 is 1.77 bits per heavy atom. The number of hydrogen-bond acceptors (Lipinski definition) is 21. The minimum absolute atomic E-state index is 0.0664. The smallest absolute Gasteiger partial charge is 0.187 e. The molecule has 4 aliphatic heterocycles. The van der Waals surface area contributed by atoms with Gasteiger partial charge >= 0.3 is 0 Å². The monoisotopic (exact) mass is 938 g/mol. The number of rotatable bonds is 22. The number of hydrogen-bond donors (Lipinski definition) is 13. The molecule has 0 aromatic heterocycles. The van der Waals surface area contributed by atoms with Crippen LogP contribution in [0.25, 0.3) is 0 Å². The summed E-state index contributed by atoms with van der Waals surface area (Å²) in [5.74, 6) is 0. The summed E-state index contributed by atoms with van der Waals surface area (Å²) in [6.45, 7) is 15.1. The van der Waals surface area contributed by atoms with Crippen molar-refractivity contribution in [2.24, 2.45) is 0 Å². The summed E-state index contributed by atoms with van der Waals surface area (Å²) in [4.78, 5) is 0. The van der Waals surface area contributed by atoms with Crippen LogP contribution >= 0.6 is 0 Å². The fraction of sp³-hybridized carbons (Fsp3) is 0.818. The second kappa shape index (κ2) is 25.1. The Morgan fingerprint density at radius 2 is 1.15 bits per heavy atom. The van der Waals surface area contributed by atoms with Crippen LogP contribution in [0.3, 0.4) is 0 Å². The average Bonchev–Trinajstić information content (AvgIpc) is 3.28. The molecule has 13 N–H and O–H groups in total. The van der Waals surface area contributed by atoms with E-state index in [1.807, 2.05) is 19.1 Å². The highest BCUT2D eigenvalue weighted by atomic mass is 16.8. The van der Waals surface area contributed by atoms with Gasteiger partial charge in [-0.3, -0.25) is 0 Å². The highest BCUT2D eigenvalue weighted by Gasteiger charge is 2.52. The van der Waals surface area contributed by atoms with E-state index < -0.39 is 148 Å². The van der Waals surface area contributed by atoms with Gasteiger partial charge in [0.1, 0.15) is 85.5 Å². The number of aliphatic hydroxyl groups is 13. The molecule has 4 aliphatic rings. The van der Waals surface area contributed by atoms with Gasteiger partial charge < -0.3 is 104 Å². The topological polar surface area (TPSA) is 337 Å². The first kappa shape index (κ1) is 55.7. The zero-order chi connectivity index (χ0) is 48.5. The zero-order valence-electron chi connectivity index (χ0n) is 37.7. The molecule has 0 spiro atoms. The normalized spacial score (nSPS) is 42.3. The SMILES string of the molecule is C=C[C@](C)(CC/C=C(\C)CCC(O)C(=C)CC/C=C(/C)CO[C@@H]1O[C@H](CO[C@@H]2O[C@@H](C)[C@H](O)[C@@H](O)[C@H]2O)[C@@H](O[C@@H]2O[C@@H](C)[C@H](O)[C@@H](O)[C@H]2O)[C@H](O)[C@H]1O)O[C@@H]1O[C@H](CO)[C@@H](O)[C@H](O)[C@H]1O. The Bertz CT molecular complexity index is 1550. The molecule has 0 saturated carbocycles. The van der Waals surface area contributed by atoms with Gasteiger partial charge in [0.05, 0.1) is 43.7 Å². The fourth-order valence-corrected chi connectivity index (χ4v) is 7.83. The molecule has 21 heteroatoms. The quantitative estimate of drug-likeness (QED) is 0.0496. The molecule has 4 rings (SSSR count). The second-order valence-corrected chi connectivity index (χ2v) is 17.9. The Balaban J connectivity index is 1.26. The molecule has 22 atom stereocenters. The van der Waals surface area contributed by atoms with Crippen molar-refractivity contribution < 1.29 is 104 Å². The molecule has 0 bridgehead atoms. The molecular formula is C44H74O21. The van der Waals surface area contributed by atoms with E-state index in [0.29, 0.717) is 49.7 Å². The van der Waals surface area contributed by atoms with Crippen molar-refractivity contribution in [2.75, 3.05) is 19.8 Å². The summed E-state index contributed by atoms with van der Waals surface area (Å²) in [5, 5.41) is 135. The predicted octanol–water partition coefficient (Wildman–Crippen LogP) is -2.58. The molecule has 21 nitrogen and oxygen atoms in total. The summed E-state index contributed by atoms with van der Waals surface area (Å²) in [6, 6.07) is 0. The van der Waals surface area contributed by atoms with Gasteiger partial charge in [0.25, 0.3) is 0 Å². The van der Waals surface area contributed by atoms with Crippen LogP contribution in [0.5, 0.6) is 0 Å². The Morgan fingerprint density at radius 1 is 0.631 bits per heavy atom. The van der Waals surface area contributed by atoms with Gasteiger partial charge in [-0.1, -0.05) is 36.0 Å². The van der Waals surface area contributed by atoms with E-state index in [0.717, 1.165) is 5.57 Å². The lowest BCUT2D eigenvalue weighted by atomic mass is 9.95. The lowest BCUT2D eigenvalue weighted by Gasteiger charge is -2.46. The van der Waals surface area contributed by atoms with E-state index in [-0.39, 0.29) is 6.61 Å². The van der Waals surface area contributed by atoms with Crippen molar-refractivity contribution in [2.45, 2.75) is 208 Å². The first-order chi connectivity index (χ1) is 30.5.